The van der Waals surface area contributed by atoms with E-state index < -0.39 is 10.0 Å². The number of benzene rings is 2. The minimum Gasteiger partial charge on any atom is -0.320 e. The summed E-state index contributed by atoms with van der Waals surface area (Å²) >= 11 is 5.92. The number of hydrogen-bond acceptors (Lipinski definition) is 3. The van der Waals surface area contributed by atoms with Crippen LogP contribution in [0.5, 0.6) is 0 Å². The molecule has 108 valence electrons. The number of hydrogen-bond donors (Lipinski definition) is 2. The summed E-state index contributed by atoms with van der Waals surface area (Å²) in [5.41, 5.74) is 6.18. The average Bonchev–Trinajstić information content (AvgIpc) is 2.47. The zero-order valence-electron chi connectivity index (χ0n) is 11.0. The molecule has 3 N–H and O–H groups in total. The van der Waals surface area contributed by atoms with Gasteiger partial charge in [0.15, 0.2) is 0 Å². The molecule has 21 heavy (non-hydrogen) atoms. The second kappa shape index (κ2) is 6.64. The Morgan fingerprint density at radius 3 is 2.52 bits per heavy atom. The van der Waals surface area contributed by atoms with E-state index in [-0.39, 0.29) is 11.4 Å². The van der Waals surface area contributed by atoms with E-state index in [1.165, 1.54) is 18.2 Å². The summed E-state index contributed by atoms with van der Waals surface area (Å²) in [5, 5.41) is 0.416. The molecule has 0 unspecified atom stereocenters. The number of sulfonamides is 1. The van der Waals surface area contributed by atoms with Crippen molar-refractivity contribution < 1.29 is 8.42 Å². The van der Waals surface area contributed by atoms with Crippen molar-refractivity contribution in [3.63, 3.8) is 0 Å². The van der Waals surface area contributed by atoms with Crippen molar-refractivity contribution in [3.8, 4) is 11.8 Å². The average molecular weight is 321 g/mol. The molecule has 6 heteroatoms. The molecule has 0 fully saturated rings. The number of halogens is 1. The Morgan fingerprint density at radius 1 is 1.14 bits per heavy atom. The van der Waals surface area contributed by atoms with Crippen molar-refractivity contribution in [2.75, 3.05) is 11.3 Å². The molecule has 2 aromatic rings. The van der Waals surface area contributed by atoms with Crippen molar-refractivity contribution in [2.24, 2.45) is 5.73 Å². The second-order valence-electron chi connectivity index (χ2n) is 4.11. The van der Waals surface area contributed by atoms with E-state index in [0.717, 1.165) is 0 Å². The SMILES string of the molecule is NCC#Cc1ccc(Cl)cc1NS(=O)(=O)c1ccccc1. The van der Waals surface area contributed by atoms with Crippen molar-refractivity contribution in [3.05, 3.63) is 59.1 Å². The van der Waals surface area contributed by atoms with Crippen LogP contribution in [0.3, 0.4) is 0 Å². The zero-order valence-corrected chi connectivity index (χ0v) is 12.6. The Balaban J connectivity index is 2.41. The molecule has 2 rings (SSSR count). The Morgan fingerprint density at radius 2 is 1.86 bits per heavy atom. The van der Waals surface area contributed by atoms with Gasteiger partial charge in [0, 0.05) is 10.6 Å². The van der Waals surface area contributed by atoms with Gasteiger partial charge in [-0.3, -0.25) is 4.72 Å². The van der Waals surface area contributed by atoms with E-state index in [4.69, 9.17) is 17.3 Å². The van der Waals surface area contributed by atoms with Crippen LogP contribution >= 0.6 is 11.6 Å². The zero-order chi connectivity index (χ0) is 15.3. The maximum atomic E-state index is 12.3. The molecule has 0 radical (unpaired) electrons. The highest BCUT2D eigenvalue weighted by molar-refractivity contribution is 7.92. The highest BCUT2D eigenvalue weighted by Gasteiger charge is 2.15. The highest BCUT2D eigenvalue weighted by atomic mass is 35.5. The minimum atomic E-state index is -3.69. The Labute approximate surface area is 129 Å². The lowest BCUT2D eigenvalue weighted by Crippen LogP contribution is -2.13. The van der Waals surface area contributed by atoms with Crippen molar-refractivity contribution >= 4 is 27.3 Å². The highest BCUT2D eigenvalue weighted by Crippen LogP contribution is 2.23. The second-order valence-corrected chi connectivity index (χ2v) is 6.23. The van der Waals surface area contributed by atoms with E-state index in [9.17, 15) is 8.42 Å². The van der Waals surface area contributed by atoms with Crippen LogP contribution in [0.1, 0.15) is 5.56 Å². The van der Waals surface area contributed by atoms with Gasteiger partial charge >= 0.3 is 0 Å². The van der Waals surface area contributed by atoms with Gasteiger partial charge in [-0.05, 0) is 30.3 Å². The lowest BCUT2D eigenvalue weighted by atomic mass is 10.2. The first kappa shape index (κ1) is 15.4. The van der Waals surface area contributed by atoms with Gasteiger partial charge in [-0.25, -0.2) is 8.42 Å². The van der Waals surface area contributed by atoms with Gasteiger partial charge < -0.3 is 5.73 Å². The van der Waals surface area contributed by atoms with Crippen molar-refractivity contribution in [2.45, 2.75) is 4.90 Å². The molecule has 0 aliphatic rings. The van der Waals surface area contributed by atoms with Gasteiger partial charge in [-0.15, -0.1) is 0 Å². The third-order valence-corrected chi connectivity index (χ3v) is 4.22. The van der Waals surface area contributed by atoms with E-state index in [1.807, 2.05) is 0 Å². The monoisotopic (exact) mass is 320 g/mol. The molecule has 0 saturated carbocycles. The standard InChI is InChI=1S/C15H13ClN2O2S/c16-13-9-8-12(5-4-10-17)15(11-13)18-21(19,20)14-6-2-1-3-7-14/h1-3,6-9,11,18H,10,17H2. The molecule has 4 nitrogen and oxygen atoms in total. The molecule has 0 aromatic heterocycles. The normalized spacial score (nSPS) is 10.6. The van der Waals surface area contributed by atoms with Gasteiger partial charge in [0.1, 0.15) is 0 Å². The van der Waals surface area contributed by atoms with Gasteiger partial charge in [0.05, 0.1) is 17.1 Å². The van der Waals surface area contributed by atoms with E-state index in [0.29, 0.717) is 16.3 Å². The van der Waals surface area contributed by atoms with Crippen LogP contribution in [0.25, 0.3) is 0 Å². The molecule has 0 amide bonds. The van der Waals surface area contributed by atoms with Crippen LogP contribution in [0.15, 0.2) is 53.4 Å². The smallest absolute Gasteiger partial charge is 0.261 e. The Hall–Kier alpha value is -2.00. The predicted molar refractivity (Wildman–Crippen MR) is 84.6 cm³/mol. The minimum absolute atomic E-state index is 0.169. The van der Waals surface area contributed by atoms with Crippen LogP contribution < -0.4 is 10.5 Å². The third-order valence-electron chi connectivity index (χ3n) is 2.60. The molecular formula is C15H13ClN2O2S. The molecule has 0 heterocycles. The van der Waals surface area contributed by atoms with E-state index in [2.05, 4.69) is 16.6 Å². The summed E-state index contributed by atoms with van der Waals surface area (Å²) in [4.78, 5) is 0.169. The van der Waals surface area contributed by atoms with Crippen LogP contribution in [0.4, 0.5) is 5.69 Å². The largest absolute Gasteiger partial charge is 0.320 e. The van der Waals surface area contributed by atoms with Crippen molar-refractivity contribution in [1.29, 1.82) is 0 Å². The fourth-order valence-corrected chi connectivity index (χ4v) is 2.92. The van der Waals surface area contributed by atoms with Gasteiger partial charge in [-0.2, -0.15) is 0 Å². The van der Waals surface area contributed by atoms with Crippen LogP contribution in [0, 0.1) is 11.8 Å². The summed E-state index contributed by atoms with van der Waals surface area (Å²) in [7, 11) is -3.69. The van der Waals surface area contributed by atoms with Crippen LogP contribution in [-0.4, -0.2) is 15.0 Å². The molecule has 0 aliphatic carbocycles. The lowest BCUT2D eigenvalue weighted by molar-refractivity contribution is 0.601. The summed E-state index contributed by atoms with van der Waals surface area (Å²) < 4.78 is 27.1. The Bertz CT molecular complexity index is 793. The molecule has 0 aliphatic heterocycles. The first-order chi connectivity index (χ1) is 10.0. The first-order valence-electron chi connectivity index (χ1n) is 6.09. The first-order valence-corrected chi connectivity index (χ1v) is 7.95. The summed E-state index contributed by atoms with van der Waals surface area (Å²) in [6, 6.07) is 12.9. The fourth-order valence-electron chi connectivity index (χ4n) is 1.66. The molecule has 0 spiro atoms. The number of anilines is 1. The van der Waals surface area contributed by atoms with Gasteiger partial charge in [-0.1, -0.05) is 41.6 Å². The fraction of sp³-hybridized carbons (Fsp3) is 0.0667. The third kappa shape index (κ3) is 3.99. The van der Waals surface area contributed by atoms with Gasteiger partial charge in [0.25, 0.3) is 10.0 Å². The maximum Gasteiger partial charge on any atom is 0.261 e. The topological polar surface area (TPSA) is 72.2 Å². The summed E-state index contributed by atoms with van der Waals surface area (Å²) in [6.07, 6.45) is 0. The van der Waals surface area contributed by atoms with Crippen LogP contribution in [-0.2, 0) is 10.0 Å². The van der Waals surface area contributed by atoms with E-state index >= 15 is 0 Å². The summed E-state index contributed by atoms with van der Waals surface area (Å²) in [5.74, 6) is 5.50. The summed E-state index contributed by atoms with van der Waals surface area (Å²) in [6.45, 7) is 0.188. The predicted octanol–water partition coefficient (Wildman–Crippen LogP) is 2.45. The maximum absolute atomic E-state index is 12.3. The molecule has 0 atom stereocenters. The number of rotatable bonds is 3. The molecular weight excluding hydrogens is 308 g/mol. The molecule has 0 saturated heterocycles. The lowest BCUT2D eigenvalue weighted by Gasteiger charge is -2.10. The van der Waals surface area contributed by atoms with Crippen molar-refractivity contribution in [1.82, 2.24) is 0 Å². The van der Waals surface area contributed by atoms with Gasteiger partial charge in [0.2, 0.25) is 0 Å². The number of nitrogens with one attached hydrogen (secondary N) is 1. The molecule has 2 aromatic carbocycles. The molecule has 0 bridgehead atoms. The quantitative estimate of drug-likeness (QED) is 0.853. The van der Waals surface area contributed by atoms with Crippen LogP contribution in [0.2, 0.25) is 5.02 Å². The van der Waals surface area contributed by atoms with E-state index in [1.54, 1.807) is 30.3 Å². The Kier molecular flexibility index (Phi) is 4.86. The number of nitrogens with two attached hydrogens (primary N) is 1.